The summed E-state index contributed by atoms with van der Waals surface area (Å²) >= 11 is 1.73. The molecule has 0 radical (unpaired) electrons. The number of likely N-dealkylation sites (N-methyl/N-ethyl adjacent to an activating group) is 1. The van der Waals surface area contributed by atoms with Crippen molar-refractivity contribution in [3.63, 3.8) is 0 Å². The smallest absolute Gasteiger partial charge is 0.173 e. The van der Waals surface area contributed by atoms with Gasteiger partial charge in [-0.25, -0.2) is 4.68 Å². The molecule has 3 heterocycles. The standard InChI is InChI=1S/C20H26N6OS/c1-3-24-10-12-25(13-11-24)19(16-6-8-17(27-2)9-7-16)20-21-22-23-26(20)15-18-5-4-14-28-18/h4-9,14,19H,3,10-13,15H2,1-2H3/t19-/m1/s1. The van der Waals surface area contributed by atoms with Crippen LogP contribution in [0.1, 0.15) is 29.2 Å². The fourth-order valence-electron chi connectivity index (χ4n) is 3.72. The fraction of sp³-hybridized carbons (Fsp3) is 0.450. The molecule has 0 saturated carbocycles. The maximum atomic E-state index is 5.34. The molecule has 0 amide bonds. The topological polar surface area (TPSA) is 59.3 Å². The highest BCUT2D eigenvalue weighted by Gasteiger charge is 2.30. The molecule has 1 aromatic carbocycles. The third-order valence-electron chi connectivity index (χ3n) is 5.34. The lowest BCUT2D eigenvalue weighted by Gasteiger charge is -2.38. The fourth-order valence-corrected chi connectivity index (χ4v) is 4.40. The van der Waals surface area contributed by atoms with Gasteiger partial charge in [0.25, 0.3) is 0 Å². The van der Waals surface area contributed by atoms with Crippen LogP contribution in [0.4, 0.5) is 0 Å². The average molecular weight is 399 g/mol. The first-order valence-electron chi connectivity index (χ1n) is 9.67. The highest BCUT2D eigenvalue weighted by Crippen LogP contribution is 2.30. The number of benzene rings is 1. The highest BCUT2D eigenvalue weighted by molar-refractivity contribution is 7.09. The molecule has 0 unspecified atom stereocenters. The van der Waals surface area contributed by atoms with Crippen LogP contribution in [0.3, 0.4) is 0 Å². The summed E-state index contributed by atoms with van der Waals surface area (Å²) in [6, 6.07) is 12.5. The molecule has 1 fully saturated rings. The average Bonchev–Trinajstić information content (AvgIpc) is 3.42. The number of ether oxygens (including phenoxy) is 1. The zero-order valence-electron chi connectivity index (χ0n) is 16.4. The molecular formula is C20H26N6OS. The predicted octanol–water partition coefficient (Wildman–Crippen LogP) is 2.52. The first-order chi connectivity index (χ1) is 13.8. The van der Waals surface area contributed by atoms with Gasteiger partial charge in [0.1, 0.15) is 5.75 Å². The van der Waals surface area contributed by atoms with Crippen LogP contribution >= 0.6 is 11.3 Å². The van der Waals surface area contributed by atoms with Crippen LogP contribution in [0.15, 0.2) is 41.8 Å². The number of hydrogen-bond acceptors (Lipinski definition) is 7. The molecule has 3 aromatic rings. The van der Waals surface area contributed by atoms with Crippen LogP contribution in [0, 0.1) is 0 Å². The van der Waals surface area contributed by atoms with Crippen LogP contribution in [-0.4, -0.2) is 69.8 Å². The van der Waals surface area contributed by atoms with Gasteiger partial charge in [-0.05, 0) is 46.1 Å². The van der Waals surface area contributed by atoms with Crippen molar-refractivity contribution in [1.82, 2.24) is 30.0 Å². The van der Waals surface area contributed by atoms with Gasteiger partial charge in [-0.1, -0.05) is 25.1 Å². The van der Waals surface area contributed by atoms with Crippen molar-refractivity contribution >= 4 is 11.3 Å². The van der Waals surface area contributed by atoms with Crippen molar-refractivity contribution < 1.29 is 4.74 Å². The molecule has 0 N–H and O–H groups in total. The summed E-state index contributed by atoms with van der Waals surface area (Å²) in [4.78, 5) is 6.22. The van der Waals surface area contributed by atoms with E-state index in [1.807, 2.05) is 16.8 Å². The summed E-state index contributed by atoms with van der Waals surface area (Å²) in [5, 5.41) is 14.9. The van der Waals surface area contributed by atoms with Gasteiger partial charge >= 0.3 is 0 Å². The van der Waals surface area contributed by atoms with E-state index in [1.165, 1.54) is 10.4 Å². The largest absolute Gasteiger partial charge is 0.497 e. The minimum atomic E-state index is 0.0277. The Morgan fingerprint density at radius 1 is 1.11 bits per heavy atom. The maximum absolute atomic E-state index is 5.34. The maximum Gasteiger partial charge on any atom is 0.173 e. The second kappa shape index (κ2) is 8.81. The first-order valence-corrected chi connectivity index (χ1v) is 10.5. The molecule has 1 aliphatic rings. The molecule has 1 atom stereocenters. The summed E-state index contributed by atoms with van der Waals surface area (Å²) in [6.07, 6.45) is 0. The monoisotopic (exact) mass is 398 g/mol. The SMILES string of the molecule is CCN1CCN([C@H](c2ccc(OC)cc2)c2nnnn2Cc2cccs2)CC1. The lowest BCUT2D eigenvalue weighted by atomic mass is 10.0. The Kier molecular flexibility index (Phi) is 5.99. The van der Waals surface area contributed by atoms with Gasteiger partial charge in [0, 0.05) is 31.1 Å². The molecule has 8 heteroatoms. The Morgan fingerprint density at radius 3 is 2.54 bits per heavy atom. The Labute approximate surface area is 169 Å². The van der Waals surface area contributed by atoms with Gasteiger partial charge in [0.2, 0.25) is 0 Å². The zero-order valence-corrected chi connectivity index (χ0v) is 17.2. The van der Waals surface area contributed by atoms with Crippen LogP contribution in [-0.2, 0) is 6.54 Å². The van der Waals surface area contributed by atoms with E-state index in [0.29, 0.717) is 6.54 Å². The van der Waals surface area contributed by atoms with Crippen molar-refractivity contribution in [2.45, 2.75) is 19.5 Å². The van der Waals surface area contributed by atoms with Gasteiger partial charge in [0.15, 0.2) is 5.82 Å². The Bertz CT molecular complexity index is 855. The molecule has 2 aromatic heterocycles. The molecule has 0 aliphatic carbocycles. The number of rotatable bonds is 7. The molecule has 0 spiro atoms. The second-order valence-corrected chi connectivity index (χ2v) is 7.95. The molecular weight excluding hydrogens is 372 g/mol. The minimum Gasteiger partial charge on any atom is -0.497 e. The summed E-state index contributed by atoms with van der Waals surface area (Å²) in [5.41, 5.74) is 1.19. The van der Waals surface area contributed by atoms with E-state index >= 15 is 0 Å². The third kappa shape index (κ3) is 4.09. The van der Waals surface area contributed by atoms with Crippen LogP contribution in [0.2, 0.25) is 0 Å². The summed E-state index contributed by atoms with van der Waals surface area (Å²) in [5.74, 6) is 1.75. The van der Waals surface area contributed by atoms with E-state index in [0.717, 1.165) is 44.3 Å². The first kappa shape index (κ1) is 19.0. The number of hydrogen-bond donors (Lipinski definition) is 0. The van der Waals surface area contributed by atoms with Crippen molar-refractivity contribution in [2.24, 2.45) is 0 Å². The normalized spacial score (nSPS) is 16.9. The van der Waals surface area contributed by atoms with Gasteiger partial charge in [-0.3, -0.25) is 4.90 Å². The minimum absolute atomic E-state index is 0.0277. The summed E-state index contributed by atoms with van der Waals surface area (Å²) < 4.78 is 7.28. The Hall–Kier alpha value is -2.29. The molecule has 1 aliphatic heterocycles. The van der Waals surface area contributed by atoms with Crippen molar-refractivity contribution in [3.8, 4) is 5.75 Å². The predicted molar refractivity (Wildman–Crippen MR) is 110 cm³/mol. The molecule has 28 heavy (non-hydrogen) atoms. The lowest BCUT2D eigenvalue weighted by Crippen LogP contribution is -2.48. The van der Waals surface area contributed by atoms with Gasteiger partial charge in [-0.2, -0.15) is 0 Å². The number of methoxy groups -OCH3 is 1. The van der Waals surface area contributed by atoms with Crippen LogP contribution in [0.25, 0.3) is 0 Å². The summed E-state index contributed by atoms with van der Waals surface area (Å²) in [7, 11) is 1.69. The van der Waals surface area contributed by atoms with Crippen molar-refractivity contribution in [2.75, 3.05) is 39.8 Å². The van der Waals surface area contributed by atoms with Crippen molar-refractivity contribution in [1.29, 1.82) is 0 Å². The van der Waals surface area contributed by atoms with E-state index < -0.39 is 0 Å². The zero-order chi connectivity index (χ0) is 19.3. The Morgan fingerprint density at radius 2 is 1.89 bits per heavy atom. The molecule has 1 saturated heterocycles. The van der Waals surface area contributed by atoms with E-state index in [4.69, 9.17) is 4.74 Å². The molecule has 7 nitrogen and oxygen atoms in total. The number of nitrogens with zero attached hydrogens (tertiary/aromatic N) is 6. The van der Waals surface area contributed by atoms with E-state index in [9.17, 15) is 0 Å². The number of thiophene rings is 1. The summed E-state index contributed by atoms with van der Waals surface area (Å²) in [6.45, 7) is 8.13. The van der Waals surface area contributed by atoms with E-state index in [2.05, 4.69) is 61.9 Å². The highest BCUT2D eigenvalue weighted by atomic mass is 32.1. The van der Waals surface area contributed by atoms with Crippen LogP contribution < -0.4 is 4.74 Å². The van der Waals surface area contributed by atoms with E-state index in [1.54, 1.807) is 18.4 Å². The molecule has 148 valence electrons. The lowest BCUT2D eigenvalue weighted by molar-refractivity contribution is 0.108. The van der Waals surface area contributed by atoms with E-state index in [-0.39, 0.29) is 6.04 Å². The van der Waals surface area contributed by atoms with Crippen LogP contribution in [0.5, 0.6) is 5.75 Å². The van der Waals surface area contributed by atoms with Crippen molar-refractivity contribution in [3.05, 3.63) is 58.0 Å². The third-order valence-corrected chi connectivity index (χ3v) is 6.20. The van der Waals surface area contributed by atoms with Gasteiger partial charge in [-0.15, -0.1) is 16.4 Å². The van der Waals surface area contributed by atoms with Gasteiger partial charge < -0.3 is 9.64 Å². The molecule has 0 bridgehead atoms. The van der Waals surface area contributed by atoms with Gasteiger partial charge in [0.05, 0.1) is 19.7 Å². The quantitative estimate of drug-likeness (QED) is 0.610. The number of tetrazole rings is 1. The Balaban J connectivity index is 1.66. The number of aromatic nitrogens is 4. The number of piperazine rings is 1. The second-order valence-electron chi connectivity index (χ2n) is 6.92. The molecule has 4 rings (SSSR count).